The lowest BCUT2D eigenvalue weighted by Gasteiger charge is -2.21. The molecule has 0 aliphatic heterocycles. The Balaban J connectivity index is 3.06. The van der Waals surface area contributed by atoms with E-state index in [-0.39, 0.29) is 17.1 Å². The van der Waals surface area contributed by atoms with Crippen molar-refractivity contribution in [3.8, 4) is 23.0 Å². The molecule has 31 heavy (non-hydrogen) atoms. The summed E-state index contributed by atoms with van der Waals surface area (Å²) in [6, 6.07) is 0. The summed E-state index contributed by atoms with van der Waals surface area (Å²) in [5.74, 6) is -2.15. The lowest BCUT2D eigenvalue weighted by molar-refractivity contribution is 0.0690. The highest BCUT2D eigenvalue weighted by Gasteiger charge is 2.29. The van der Waals surface area contributed by atoms with E-state index in [1.807, 2.05) is 13.8 Å². The largest absolute Gasteiger partial charge is 0.504 e. The van der Waals surface area contributed by atoms with E-state index in [0.29, 0.717) is 25.2 Å². The Morgan fingerprint density at radius 3 is 1.68 bits per heavy atom. The lowest BCUT2D eigenvalue weighted by Crippen LogP contribution is -2.11. The van der Waals surface area contributed by atoms with Gasteiger partial charge in [0.05, 0.1) is 13.2 Å². The Hall–Kier alpha value is -2.11. The van der Waals surface area contributed by atoms with Crippen LogP contribution in [0.3, 0.4) is 0 Å². The number of aromatic carboxylic acids is 1. The molecule has 0 fully saturated rings. The van der Waals surface area contributed by atoms with Crippen molar-refractivity contribution in [2.24, 2.45) is 0 Å². The maximum atomic E-state index is 11.9. The highest BCUT2D eigenvalue weighted by atomic mass is 16.5. The Kier molecular flexibility index (Phi) is 13.6. The van der Waals surface area contributed by atoms with Gasteiger partial charge in [-0.25, -0.2) is 4.79 Å². The molecule has 0 bridgehead atoms. The first-order chi connectivity index (χ1) is 15.0. The lowest BCUT2D eigenvalue weighted by atomic mass is 9.97. The van der Waals surface area contributed by atoms with Crippen LogP contribution in [0.15, 0.2) is 0 Å². The molecule has 0 saturated carbocycles. The van der Waals surface area contributed by atoms with Gasteiger partial charge in [0.1, 0.15) is 5.56 Å². The third kappa shape index (κ3) is 8.88. The summed E-state index contributed by atoms with van der Waals surface area (Å²) in [5, 5.41) is 30.6. The summed E-state index contributed by atoms with van der Waals surface area (Å²) in [7, 11) is 0. The van der Waals surface area contributed by atoms with Crippen molar-refractivity contribution in [3.63, 3.8) is 0 Å². The fourth-order valence-electron chi connectivity index (χ4n) is 3.56. The molecule has 1 aromatic rings. The molecule has 0 saturated heterocycles. The van der Waals surface area contributed by atoms with Gasteiger partial charge in [-0.1, -0.05) is 78.6 Å². The fourth-order valence-corrected chi connectivity index (χ4v) is 3.56. The van der Waals surface area contributed by atoms with E-state index < -0.39 is 17.5 Å². The monoisotopic (exact) mass is 438 g/mol. The van der Waals surface area contributed by atoms with Crippen molar-refractivity contribution in [2.75, 3.05) is 13.2 Å². The number of ether oxygens (including phenoxy) is 2. The van der Waals surface area contributed by atoms with Crippen LogP contribution in [0.5, 0.6) is 23.0 Å². The van der Waals surface area contributed by atoms with Gasteiger partial charge in [0.15, 0.2) is 11.5 Å². The average molecular weight is 439 g/mol. The van der Waals surface area contributed by atoms with Gasteiger partial charge in [-0.15, -0.1) is 0 Å². The van der Waals surface area contributed by atoms with Crippen LogP contribution in [-0.4, -0.2) is 34.5 Å². The molecule has 6 nitrogen and oxygen atoms in total. The molecule has 178 valence electrons. The van der Waals surface area contributed by atoms with Crippen molar-refractivity contribution >= 4 is 5.97 Å². The summed E-state index contributed by atoms with van der Waals surface area (Å²) in [6.45, 7) is 7.03. The normalized spacial score (nSPS) is 10.9. The second-order valence-corrected chi connectivity index (χ2v) is 8.14. The van der Waals surface area contributed by atoms with E-state index in [1.54, 1.807) is 0 Å². The zero-order valence-electron chi connectivity index (χ0n) is 19.7. The summed E-state index contributed by atoms with van der Waals surface area (Å²) >= 11 is 0. The predicted molar refractivity (Wildman–Crippen MR) is 124 cm³/mol. The molecule has 0 amide bonds. The molecule has 1 aromatic carbocycles. The minimum atomic E-state index is -1.28. The van der Waals surface area contributed by atoms with E-state index in [2.05, 4.69) is 6.92 Å². The number of hydrogen-bond donors (Lipinski definition) is 3. The standard InChI is InChI=1S/C25H42O6/c1-4-7-10-11-12-13-14-15-16-19-20(25(28)29)21(26)22(27)24(31-18-9-6-3)23(19)30-17-8-5-2/h26-27H,4-18H2,1-3H3,(H,28,29). The Morgan fingerprint density at radius 2 is 1.16 bits per heavy atom. The van der Waals surface area contributed by atoms with Crippen molar-refractivity contribution in [3.05, 3.63) is 11.1 Å². The topological polar surface area (TPSA) is 96.2 Å². The molecule has 3 N–H and O–H groups in total. The van der Waals surface area contributed by atoms with Crippen molar-refractivity contribution in [1.29, 1.82) is 0 Å². The molecule has 0 spiro atoms. The maximum absolute atomic E-state index is 11.9. The predicted octanol–water partition coefficient (Wildman–Crippen LogP) is 6.84. The van der Waals surface area contributed by atoms with E-state index in [4.69, 9.17) is 9.47 Å². The number of phenols is 2. The number of aromatic hydroxyl groups is 2. The number of phenolic OH excluding ortho intramolecular Hbond substituents is 1. The molecule has 0 radical (unpaired) electrons. The smallest absolute Gasteiger partial charge is 0.340 e. The van der Waals surface area contributed by atoms with Crippen LogP contribution in [0.2, 0.25) is 0 Å². The first kappa shape index (κ1) is 26.9. The van der Waals surface area contributed by atoms with Crippen LogP contribution < -0.4 is 9.47 Å². The van der Waals surface area contributed by atoms with Crippen LogP contribution in [-0.2, 0) is 6.42 Å². The third-order valence-corrected chi connectivity index (χ3v) is 5.44. The minimum absolute atomic E-state index is 0.0571. The molecule has 6 heteroatoms. The summed E-state index contributed by atoms with van der Waals surface area (Å²) < 4.78 is 11.7. The van der Waals surface area contributed by atoms with Gasteiger partial charge >= 0.3 is 5.97 Å². The zero-order valence-corrected chi connectivity index (χ0v) is 19.7. The zero-order chi connectivity index (χ0) is 23.1. The number of hydrogen-bond acceptors (Lipinski definition) is 5. The molecule has 0 heterocycles. The second kappa shape index (κ2) is 15.7. The quantitative estimate of drug-likeness (QED) is 0.172. The van der Waals surface area contributed by atoms with Crippen molar-refractivity contribution in [2.45, 2.75) is 104 Å². The van der Waals surface area contributed by atoms with Gasteiger partial charge in [-0.2, -0.15) is 0 Å². The molecule has 0 aliphatic rings. The molecular formula is C25H42O6. The number of unbranched alkanes of at least 4 members (excludes halogenated alkanes) is 9. The van der Waals surface area contributed by atoms with Gasteiger partial charge < -0.3 is 24.8 Å². The highest BCUT2D eigenvalue weighted by Crippen LogP contribution is 2.49. The summed E-state index contributed by atoms with van der Waals surface area (Å²) in [6.07, 6.45) is 12.9. The van der Waals surface area contributed by atoms with Crippen LogP contribution in [0.4, 0.5) is 0 Å². The molecule has 0 aliphatic carbocycles. The molecular weight excluding hydrogens is 396 g/mol. The summed E-state index contributed by atoms with van der Waals surface area (Å²) in [4.78, 5) is 11.9. The SMILES string of the molecule is CCCCCCCCCCc1c(OCCCC)c(OCCCC)c(O)c(O)c1C(=O)O. The maximum Gasteiger partial charge on any atom is 0.340 e. The number of carbonyl (C=O) groups is 1. The Bertz CT molecular complexity index is 656. The average Bonchev–Trinajstić information content (AvgIpc) is 2.74. The van der Waals surface area contributed by atoms with E-state index in [9.17, 15) is 20.1 Å². The summed E-state index contributed by atoms with van der Waals surface area (Å²) in [5.41, 5.74) is 0.131. The van der Waals surface area contributed by atoms with Crippen LogP contribution in [0.1, 0.15) is 114 Å². The molecule has 0 atom stereocenters. The van der Waals surface area contributed by atoms with Crippen LogP contribution in [0, 0.1) is 0 Å². The minimum Gasteiger partial charge on any atom is -0.504 e. The first-order valence-electron chi connectivity index (χ1n) is 12.1. The Morgan fingerprint density at radius 1 is 0.677 bits per heavy atom. The first-order valence-corrected chi connectivity index (χ1v) is 12.1. The van der Waals surface area contributed by atoms with Gasteiger partial charge in [0.25, 0.3) is 0 Å². The van der Waals surface area contributed by atoms with Crippen molar-refractivity contribution in [1.82, 2.24) is 0 Å². The van der Waals surface area contributed by atoms with E-state index in [0.717, 1.165) is 44.9 Å². The van der Waals surface area contributed by atoms with Gasteiger partial charge in [0, 0.05) is 5.56 Å². The van der Waals surface area contributed by atoms with E-state index in [1.165, 1.54) is 32.1 Å². The molecule has 1 rings (SSSR count). The number of rotatable bonds is 18. The highest BCUT2D eigenvalue weighted by molar-refractivity contribution is 5.96. The van der Waals surface area contributed by atoms with Crippen LogP contribution in [0.25, 0.3) is 0 Å². The number of carboxylic acids is 1. The molecule has 0 unspecified atom stereocenters. The van der Waals surface area contributed by atoms with Gasteiger partial charge in [0.2, 0.25) is 11.5 Å². The van der Waals surface area contributed by atoms with Crippen molar-refractivity contribution < 1.29 is 29.6 Å². The van der Waals surface area contributed by atoms with Gasteiger partial charge in [-0.05, 0) is 25.7 Å². The van der Waals surface area contributed by atoms with Crippen LogP contribution >= 0.6 is 0 Å². The third-order valence-electron chi connectivity index (χ3n) is 5.44. The fraction of sp³-hybridized carbons (Fsp3) is 0.720. The van der Waals surface area contributed by atoms with Gasteiger partial charge in [-0.3, -0.25) is 0 Å². The molecule has 0 aromatic heterocycles. The number of carboxylic acid groups (broad SMARTS) is 1. The second-order valence-electron chi connectivity index (χ2n) is 8.14. The Labute approximate surface area is 187 Å². The number of benzene rings is 1. The van der Waals surface area contributed by atoms with E-state index >= 15 is 0 Å².